The van der Waals surface area contributed by atoms with Crippen molar-refractivity contribution in [2.45, 2.75) is 39.5 Å². The molecule has 106 valence electrons. The Kier molecular flexibility index (Phi) is 5.36. The van der Waals surface area contributed by atoms with Crippen molar-refractivity contribution in [1.29, 1.82) is 0 Å². The van der Waals surface area contributed by atoms with E-state index in [4.69, 9.17) is 11.6 Å². The molecule has 0 saturated carbocycles. The zero-order valence-electron chi connectivity index (χ0n) is 11.9. The van der Waals surface area contributed by atoms with Crippen LogP contribution in [-0.4, -0.2) is 17.8 Å². The van der Waals surface area contributed by atoms with Gasteiger partial charge in [0.15, 0.2) is 0 Å². The lowest BCUT2D eigenvalue weighted by Crippen LogP contribution is -2.31. The van der Waals surface area contributed by atoms with E-state index in [1.807, 2.05) is 0 Å². The van der Waals surface area contributed by atoms with Crippen LogP contribution in [0.3, 0.4) is 0 Å². The van der Waals surface area contributed by atoms with Gasteiger partial charge in [-0.1, -0.05) is 20.8 Å². The van der Waals surface area contributed by atoms with Gasteiger partial charge in [-0.25, -0.2) is 4.39 Å². The first-order valence-corrected chi connectivity index (χ1v) is 6.80. The maximum Gasteiger partial charge on any atom is 0.251 e. The minimum atomic E-state index is -0.401. The normalized spacial score (nSPS) is 13.2. The highest BCUT2D eigenvalue weighted by atomic mass is 35.5. The standard InChI is InChI=1S/C15H21ClFNO/c1-10-5-11(7-13(17)6-10)14(19)18-9-12(16)8-15(2,3)4/h5-7,12H,8-9H2,1-4H3,(H,18,19). The summed E-state index contributed by atoms with van der Waals surface area (Å²) < 4.78 is 13.2. The first-order valence-electron chi connectivity index (χ1n) is 6.37. The third kappa shape index (κ3) is 6.06. The first kappa shape index (κ1) is 16.0. The molecular weight excluding hydrogens is 265 g/mol. The Morgan fingerprint density at radius 3 is 2.53 bits per heavy atom. The molecule has 0 heterocycles. The summed E-state index contributed by atoms with van der Waals surface area (Å²) in [6.45, 7) is 8.43. The van der Waals surface area contributed by atoms with Gasteiger partial charge >= 0.3 is 0 Å². The Morgan fingerprint density at radius 1 is 1.37 bits per heavy atom. The number of halogens is 2. The molecule has 1 rings (SSSR count). The second-order valence-electron chi connectivity index (χ2n) is 6.09. The fourth-order valence-corrected chi connectivity index (χ4v) is 2.45. The fourth-order valence-electron chi connectivity index (χ4n) is 1.91. The van der Waals surface area contributed by atoms with Gasteiger partial charge in [0.2, 0.25) is 0 Å². The largest absolute Gasteiger partial charge is 0.351 e. The number of amides is 1. The zero-order valence-corrected chi connectivity index (χ0v) is 12.6. The van der Waals surface area contributed by atoms with E-state index in [0.29, 0.717) is 12.1 Å². The highest BCUT2D eigenvalue weighted by Crippen LogP contribution is 2.23. The molecular formula is C15H21ClFNO. The molecule has 1 aromatic carbocycles. The predicted molar refractivity (Wildman–Crippen MR) is 77.2 cm³/mol. The van der Waals surface area contributed by atoms with E-state index in [1.54, 1.807) is 13.0 Å². The van der Waals surface area contributed by atoms with Crippen LogP contribution in [0.2, 0.25) is 0 Å². The summed E-state index contributed by atoms with van der Waals surface area (Å²) in [6, 6.07) is 4.28. The minimum absolute atomic E-state index is 0.118. The number of hydrogen-bond donors (Lipinski definition) is 1. The molecule has 4 heteroatoms. The molecule has 2 nitrogen and oxygen atoms in total. The molecule has 1 amide bonds. The molecule has 0 bridgehead atoms. The number of carbonyl (C=O) groups excluding carboxylic acids is 1. The van der Waals surface area contributed by atoms with Crippen LogP contribution in [0.4, 0.5) is 4.39 Å². The van der Waals surface area contributed by atoms with Crippen LogP contribution in [0.25, 0.3) is 0 Å². The second-order valence-corrected chi connectivity index (χ2v) is 6.71. The number of nitrogens with one attached hydrogen (secondary N) is 1. The summed E-state index contributed by atoms with van der Waals surface area (Å²) in [6.07, 6.45) is 0.803. The summed E-state index contributed by atoms with van der Waals surface area (Å²) >= 11 is 6.17. The van der Waals surface area contributed by atoms with Gasteiger partial charge in [-0.15, -0.1) is 11.6 Å². The average Bonchev–Trinajstić information content (AvgIpc) is 2.22. The van der Waals surface area contributed by atoms with Crippen LogP contribution in [0.15, 0.2) is 18.2 Å². The van der Waals surface area contributed by atoms with Crippen molar-refractivity contribution in [3.8, 4) is 0 Å². The van der Waals surface area contributed by atoms with Gasteiger partial charge in [0.25, 0.3) is 5.91 Å². The summed E-state index contributed by atoms with van der Waals surface area (Å²) in [5, 5.41) is 2.61. The number of rotatable bonds is 4. The number of benzene rings is 1. The van der Waals surface area contributed by atoms with Crippen molar-refractivity contribution in [3.05, 3.63) is 35.1 Å². The molecule has 0 spiro atoms. The summed E-state index contributed by atoms with van der Waals surface area (Å²) in [7, 11) is 0. The molecule has 1 unspecified atom stereocenters. The molecule has 1 aromatic rings. The van der Waals surface area contributed by atoms with Crippen molar-refractivity contribution < 1.29 is 9.18 Å². The number of alkyl halides is 1. The quantitative estimate of drug-likeness (QED) is 0.835. The molecule has 0 aliphatic carbocycles. The summed E-state index contributed by atoms with van der Waals surface area (Å²) in [5.41, 5.74) is 1.17. The fraction of sp³-hybridized carbons (Fsp3) is 0.533. The van der Waals surface area contributed by atoms with E-state index in [9.17, 15) is 9.18 Å². The lowest BCUT2D eigenvalue weighted by Gasteiger charge is -2.22. The van der Waals surface area contributed by atoms with E-state index < -0.39 is 5.82 Å². The van der Waals surface area contributed by atoms with Crippen LogP contribution in [0.5, 0.6) is 0 Å². The highest BCUT2D eigenvalue weighted by Gasteiger charge is 2.17. The molecule has 0 saturated heterocycles. The summed E-state index contributed by atoms with van der Waals surface area (Å²) in [5.74, 6) is -0.690. The van der Waals surface area contributed by atoms with Crippen molar-refractivity contribution in [2.24, 2.45) is 5.41 Å². The van der Waals surface area contributed by atoms with Crippen LogP contribution in [0.1, 0.15) is 43.1 Å². The number of carbonyl (C=O) groups is 1. The number of hydrogen-bond acceptors (Lipinski definition) is 1. The van der Waals surface area contributed by atoms with Crippen LogP contribution in [-0.2, 0) is 0 Å². The topological polar surface area (TPSA) is 29.1 Å². The Hall–Kier alpha value is -1.09. The average molecular weight is 286 g/mol. The van der Waals surface area contributed by atoms with Gasteiger partial charge in [-0.2, -0.15) is 0 Å². The predicted octanol–water partition coefficient (Wildman–Crippen LogP) is 3.91. The van der Waals surface area contributed by atoms with Crippen molar-refractivity contribution in [1.82, 2.24) is 5.32 Å². The van der Waals surface area contributed by atoms with Gasteiger partial charge in [-0.05, 0) is 42.5 Å². The number of aryl methyl sites for hydroxylation is 1. The Labute approximate surface area is 119 Å². The Bertz CT molecular complexity index is 434. The Morgan fingerprint density at radius 2 is 2.00 bits per heavy atom. The zero-order chi connectivity index (χ0) is 14.6. The maximum atomic E-state index is 13.2. The maximum absolute atomic E-state index is 13.2. The molecule has 0 fully saturated rings. The van der Waals surface area contributed by atoms with Crippen LogP contribution in [0, 0.1) is 18.2 Å². The van der Waals surface area contributed by atoms with E-state index in [0.717, 1.165) is 12.0 Å². The third-order valence-electron chi connectivity index (χ3n) is 2.62. The lowest BCUT2D eigenvalue weighted by atomic mass is 9.90. The summed E-state index contributed by atoms with van der Waals surface area (Å²) in [4.78, 5) is 11.9. The minimum Gasteiger partial charge on any atom is -0.351 e. The third-order valence-corrected chi connectivity index (χ3v) is 2.93. The van der Waals surface area contributed by atoms with Crippen LogP contribution >= 0.6 is 11.6 Å². The van der Waals surface area contributed by atoms with E-state index in [-0.39, 0.29) is 16.7 Å². The highest BCUT2D eigenvalue weighted by molar-refractivity contribution is 6.21. The van der Waals surface area contributed by atoms with Gasteiger partial charge < -0.3 is 5.32 Å². The van der Waals surface area contributed by atoms with Gasteiger partial charge in [0, 0.05) is 12.1 Å². The van der Waals surface area contributed by atoms with E-state index >= 15 is 0 Å². The lowest BCUT2D eigenvalue weighted by molar-refractivity contribution is 0.0951. The van der Waals surface area contributed by atoms with Gasteiger partial charge in [0.05, 0.1) is 5.38 Å². The van der Waals surface area contributed by atoms with Crippen molar-refractivity contribution in [2.75, 3.05) is 6.54 Å². The molecule has 1 N–H and O–H groups in total. The molecule has 0 aliphatic rings. The monoisotopic (exact) mass is 285 g/mol. The SMILES string of the molecule is Cc1cc(F)cc(C(=O)NCC(Cl)CC(C)(C)C)c1. The van der Waals surface area contributed by atoms with Gasteiger partial charge in [-0.3, -0.25) is 4.79 Å². The molecule has 0 aliphatic heterocycles. The molecule has 0 aromatic heterocycles. The van der Waals surface area contributed by atoms with Crippen LogP contribution < -0.4 is 5.32 Å². The van der Waals surface area contributed by atoms with Crippen molar-refractivity contribution in [3.63, 3.8) is 0 Å². The Balaban J connectivity index is 2.56. The molecule has 1 atom stereocenters. The second kappa shape index (κ2) is 6.38. The van der Waals surface area contributed by atoms with Gasteiger partial charge in [0.1, 0.15) is 5.82 Å². The van der Waals surface area contributed by atoms with E-state index in [2.05, 4.69) is 26.1 Å². The van der Waals surface area contributed by atoms with Crippen molar-refractivity contribution >= 4 is 17.5 Å². The molecule has 0 radical (unpaired) electrons. The van der Waals surface area contributed by atoms with E-state index in [1.165, 1.54) is 12.1 Å². The smallest absolute Gasteiger partial charge is 0.251 e. The first-order chi connectivity index (χ1) is 8.67. The molecule has 19 heavy (non-hydrogen) atoms.